The average molecular weight is 265 g/mol. The van der Waals surface area contributed by atoms with Gasteiger partial charge in [0.25, 0.3) is 5.91 Å². The lowest BCUT2D eigenvalue weighted by atomic mass is 9.87. The number of carbonyl (C=O) groups is 1. The Morgan fingerprint density at radius 1 is 1.47 bits per heavy atom. The van der Waals surface area contributed by atoms with Crippen LogP contribution in [0, 0.1) is 5.92 Å². The highest BCUT2D eigenvalue weighted by molar-refractivity contribution is 5.93. The SMILES string of the molecule is CC1CCC(N(C)Cc2cc(C(=O)NN)co2)CC1. The molecule has 0 bridgehead atoms. The molecule has 0 aromatic carbocycles. The Balaban J connectivity index is 1.89. The fourth-order valence-corrected chi connectivity index (χ4v) is 2.72. The molecule has 0 spiro atoms. The number of hydrogen-bond donors (Lipinski definition) is 2. The lowest BCUT2D eigenvalue weighted by molar-refractivity contribution is 0.0953. The fourth-order valence-electron chi connectivity index (χ4n) is 2.72. The van der Waals surface area contributed by atoms with Crippen molar-refractivity contribution in [1.82, 2.24) is 10.3 Å². The monoisotopic (exact) mass is 265 g/mol. The Morgan fingerprint density at radius 3 is 2.79 bits per heavy atom. The molecule has 1 heterocycles. The summed E-state index contributed by atoms with van der Waals surface area (Å²) in [7, 11) is 2.12. The van der Waals surface area contributed by atoms with Gasteiger partial charge >= 0.3 is 0 Å². The number of nitrogens with one attached hydrogen (secondary N) is 1. The molecule has 5 heteroatoms. The summed E-state index contributed by atoms with van der Waals surface area (Å²) in [5.41, 5.74) is 2.58. The van der Waals surface area contributed by atoms with Crippen LogP contribution in [-0.2, 0) is 6.54 Å². The largest absolute Gasteiger partial charge is 0.467 e. The van der Waals surface area contributed by atoms with Crippen molar-refractivity contribution in [1.29, 1.82) is 0 Å². The van der Waals surface area contributed by atoms with Crippen molar-refractivity contribution in [3.8, 4) is 0 Å². The summed E-state index contributed by atoms with van der Waals surface area (Å²) < 4.78 is 5.41. The van der Waals surface area contributed by atoms with Gasteiger partial charge in [-0.1, -0.05) is 6.92 Å². The highest BCUT2D eigenvalue weighted by Crippen LogP contribution is 2.27. The van der Waals surface area contributed by atoms with Crippen LogP contribution >= 0.6 is 0 Å². The van der Waals surface area contributed by atoms with Crippen LogP contribution in [0.2, 0.25) is 0 Å². The van der Waals surface area contributed by atoms with Gasteiger partial charge < -0.3 is 4.42 Å². The highest BCUT2D eigenvalue weighted by Gasteiger charge is 2.22. The summed E-state index contributed by atoms with van der Waals surface area (Å²) in [6, 6.07) is 2.37. The normalized spacial score (nSPS) is 23.6. The molecule has 0 atom stereocenters. The molecular weight excluding hydrogens is 242 g/mol. The molecule has 0 radical (unpaired) electrons. The number of nitrogens with two attached hydrogens (primary N) is 1. The van der Waals surface area contributed by atoms with Crippen LogP contribution in [0.25, 0.3) is 0 Å². The summed E-state index contributed by atoms with van der Waals surface area (Å²) in [5.74, 6) is 6.44. The van der Waals surface area contributed by atoms with Crippen molar-refractivity contribution in [3.05, 3.63) is 23.7 Å². The molecule has 1 fully saturated rings. The summed E-state index contributed by atoms with van der Waals surface area (Å²) in [6.45, 7) is 3.05. The van der Waals surface area contributed by atoms with E-state index in [0.717, 1.165) is 18.2 Å². The Bertz CT molecular complexity index is 422. The summed E-state index contributed by atoms with van der Waals surface area (Å²) in [4.78, 5) is 13.7. The van der Waals surface area contributed by atoms with Gasteiger partial charge in [-0.2, -0.15) is 0 Å². The van der Waals surface area contributed by atoms with E-state index in [-0.39, 0.29) is 5.91 Å². The van der Waals surface area contributed by atoms with Crippen LogP contribution in [-0.4, -0.2) is 23.9 Å². The number of hydrazine groups is 1. The smallest absolute Gasteiger partial charge is 0.268 e. The first-order valence-electron chi connectivity index (χ1n) is 6.88. The molecule has 0 aliphatic heterocycles. The number of rotatable bonds is 4. The van der Waals surface area contributed by atoms with Crippen LogP contribution in [0.3, 0.4) is 0 Å². The van der Waals surface area contributed by atoms with Crippen LogP contribution in [0.5, 0.6) is 0 Å². The van der Waals surface area contributed by atoms with Gasteiger partial charge in [-0.05, 0) is 44.7 Å². The van der Waals surface area contributed by atoms with E-state index in [4.69, 9.17) is 10.3 Å². The molecule has 1 saturated carbocycles. The van der Waals surface area contributed by atoms with Crippen LogP contribution in [0.4, 0.5) is 0 Å². The van der Waals surface area contributed by atoms with Crippen LogP contribution in [0.1, 0.15) is 48.7 Å². The summed E-state index contributed by atoms with van der Waals surface area (Å²) in [5, 5.41) is 0. The molecule has 1 amide bonds. The number of amides is 1. The average Bonchev–Trinajstić information content (AvgIpc) is 2.87. The van der Waals surface area contributed by atoms with Crippen LogP contribution in [0.15, 0.2) is 16.7 Å². The second-order valence-electron chi connectivity index (χ2n) is 5.60. The minimum Gasteiger partial charge on any atom is -0.467 e. The van der Waals surface area contributed by atoms with Gasteiger partial charge in [0.2, 0.25) is 0 Å². The number of carbonyl (C=O) groups excluding carboxylic acids is 1. The zero-order valence-corrected chi connectivity index (χ0v) is 11.7. The molecule has 1 aliphatic carbocycles. The molecule has 1 aromatic rings. The van der Waals surface area contributed by atoms with Gasteiger partial charge in [0, 0.05) is 6.04 Å². The number of hydrogen-bond acceptors (Lipinski definition) is 4. The fraction of sp³-hybridized carbons (Fsp3) is 0.643. The molecule has 106 valence electrons. The molecule has 0 unspecified atom stereocenters. The van der Waals surface area contributed by atoms with Crippen molar-refractivity contribution in [2.75, 3.05) is 7.05 Å². The first-order valence-corrected chi connectivity index (χ1v) is 6.88. The maximum Gasteiger partial charge on any atom is 0.268 e. The lowest BCUT2D eigenvalue weighted by Crippen LogP contribution is -2.34. The summed E-state index contributed by atoms with van der Waals surface area (Å²) in [6.07, 6.45) is 6.54. The zero-order valence-electron chi connectivity index (χ0n) is 11.7. The molecular formula is C14H23N3O2. The summed E-state index contributed by atoms with van der Waals surface area (Å²) >= 11 is 0. The van der Waals surface area contributed by atoms with E-state index in [1.165, 1.54) is 31.9 Å². The second-order valence-corrected chi connectivity index (χ2v) is 5.60. The minimum atomic E-state index is -0.316. The van der Waals surface area contributed by atoms with Gasteiger partial charge in [0.15, 0.2) is 0 Å². The molecule has 1 aromatic heterocycles. The molecule has 19 heavy (non-hydrogen) atoms. The predicted octanol–water partition coefficient (Wildman–Crippen LogP) is 1.89. The molecule has 5 nitrogen and oxygen atoms in total. The Morgan fingerprint density at radius 2 is 2.16 bits per heavy atom. The Hall–Kier alpha value is -1.33. The van der Waals surface area contributed by atoms with Gasteiger partial charge in [0.1, 0.15) is 12.0 Å². The number of nitrogen functional groups attached to an aromatic ring is 1. The quantitative estimate of drug-likeness (QED) is 0.495. The maximum absolute atomic E-state index is 11.3. The number of furan rings is 1. The Kier molecular flexibility index (Phi) is 4.61. The van der Waals surface area contributed by atoms with Gasteiger partial charge in [-0.15, -0.1) is 0 Å². The van der Waals surface area contributed by atoms with Crippen molar-refractivity contribution < 1.29 is 9.21 Å². The van der Waals surface area contributed by atoms with Gasteiger partial charge in [-0.3, -0.25) is 15.1 Å². The first-order chi connectivity index (χ1) is 9.10. The van der Waals surface area contributed by atoms with E-state index in [1.807, 2.05) is 0 Å². The standard InChI is InChI=1S/C14H23N3O2/c1-10-3-5-12(6-4-10)17(2)8-13-7-11(9-19-13)14(18)16-15/h7,9-10,12H,3-6,8,15H2,1-2H3,(H,16,18). The van der Waals surface area contributed by atoms with E-state index < -0.39 is 0 Å². The molecule has 3 N–H and O–H groups in total. The topological polar surface area (TPSA) is 71.5 Å². The third kappa shape index (κ3) is 3.58. The maximum atomic E-state index is 11.3. The second kappa shape index (κ2) is 6.21. The van der Waals surface area contributed by atoms with E-state index in [9.17, 15) is 4.79 Å². The molecule has 0 saturated heterocycles. The van der Waals surface area contributed by atoms with Crippen LogP contribution < -0.4 is 11.3 Å². The Labute approximate surface area is 114 Å². The van der Waals surface area contributed by atoms with Crippen molar-refractivity contribution in [2.45, 2.75) is 45.2 Å². The van der Waals surface area contributed by atoms with E-state index in [1.54, 1.807) is 6.07 Å². The van der Waals surface area contributed by atoms with Crippen molar-refractivity contribution >= 4 is 5.91 Å². The minimum absolute atomic E-state index is 0.316. The van der Waals surface area contributed by atoms with E-state index >= 15 is 0 Å². The molecule has 1 aliphatic rings. The third-order valence-electron chi connectivity index (χ3n) is 4.06. The predicted molar refractivity (Wildman–Crippen MR) is 73.2 cm³/mol. The number of nitrogens with zero attached hydrogens (tertiary/aromatic N) is 1. The van der Waals surface area contributed by atoms with E-state index in [0.29, 0.717) is 11.6 Å². The lowest BCUT2D eigenvalue weighted by Gasteiger charge is -2.33. The zero-order chi connectivity index (χ0) is 13.8. The van der Waals surface area contributed by atoms with Gasteiger partial charge in [-0.25, -0.2) is 5.84 Å². The third-order valence-corrected chi connectivity index (χ3v) is 4.06. The van der Waals surface area contributed by atoms with Gasteiger partial charge in [0.05, 0.1) is 12.1 Å². The van der Waals surface area contributed by atoms with E-state index in [2.05, 4.69) is 24.3 Å². The highest BCUT2D eigenvalue weighted by atomic mass is 16.3. The first kappa shape index (κ1) is 14.1. The van der Waals surface area contributed by atoms with Crippen molar-refractivity contribution in [2.24, 2.45) is 11.8 Å². The molecule has 2 rings (SSSR count). The van der Waals surface area contributed by atoms with Crippen molar-refractivity contribution in [3.63, 3.8) is 0 Å².